The van der Waals surface area contributed by atoms with Gasteiger partial charge in [0.05, 0.1) is 26.9 Å². The Morgan fingerprint density at radius 3 is 2.27 bits per heavy atom. The van der Waals surface area contributed by atoms with Crippen molar-refractivity contribution in [2.24, 2.45) is 0 Å². The third-order valence-corrected chi connectivity index (χ3v) is 7.44. The van der Waals surface area contributed by atoms with Gasteiger partial charge in [-0.3, -0.25) is 0 Å². The number of alkyl halides is 2. The Bertz CT molecular complexity index is 1090. The highest BCUT2D eigenvalue weighted by Crippen LogP contribution is 2.42. The Morgan fingerprint density at radius 1 is 1.11 bits per heavy atom. The Kier molecular flexibility index (Phi) is 8.54. The molecule has 0 aromatic heterocycles. The number of aliphatic carboxylic acids is 1. The van der Waals surface area contributed by atoms with Crippen LogP contribution in [-0.4, -0.2) is 50.2 Å². The molecule has 1 aliphatic heterocycles. The molecule has 2 fully saturated rings. The fourth-order valence-electron chi connectivity index (χ4n) is 5.32. The number of nitrogens with one attached hydrogen (secondary N) is 1. The van der Waals surface area contributed by atoms with Gasteiger partial charge in [0.2, 0.25) is 0 Å². The zero-order chi connectivity index (χ0) is 26.6. The summed E-state index contributed by atoms with van der Waals surface area (Å²) in [7, 11) is 3.05. The van der Waals surface area contributed by atoms with Gasteiger partial charge in [-0.1, -0.05) is 12.8 Å². The molecule has 0 bridgehead atoms. The van der Waals surface area contributed by atoms with Crippen LogP contribution in [0.5, 0.6) is 11.5 Å². The predicted molar refractivity (Wildman–Crippen MR) is 136 cm³/mol. The van der Waals surface area contributed by atoms with E-state index in [2.05, 4.69) is 5.32 Å². The van der Waals surface area contributed by atoms with Crippen LogP contribution in [-0.2, 0) is 20.9 Å². The number of anilines is 1. The van der Waals surface area contributed by atoms with Crippen molar-refractivity contribution in [2.75, 3.05) is 32.8 Å². The third kappa shape index (κ3) is 5.83. The van der Waals surface area contributed by atoms with E-state index in [0.717, 1.165) is 31.2 Å². The van der Waals surface area contributed by atoms with Gasteiger partial charge < -0.3 is 29.4 Å². The minimum atomic E-state index is -2.81. The Morgan fingerprint density at radius 2 is 1.73 bits per heavy atom. The van der Waals surface area contributed by atoms with E-state index < -0.39 is 17.9 Å². The van der Waals surface area contributed by atoms with E-state index in [9.17, 15) is 18.7 Å². The number of ether oxygens (including phenoxy) is 4. The number of carboxylic acid groups (broad SMARTS) is 1. The van der Waals surface area contributed by atoms with Crippen molar-refractivity contribution in [1.29, 1.82) is 0 Å². The maximum atomic E-state index is 14.6. The SMILES string of the molecule is COc1cc(-c2c(COC3CCCC3)cc(NC3(C(=O)O)CCOCC3)cc2C(F)F)cc(OC)c1C. The second-order valence-electron chi connectivity index (χ2n) is 9.75. The predicted octanol–water partition coefficient (Wildman–Crippen LogP) is 6.12. The third-order valence-electron chi connectivity index (χ3n) is 7.44. The molecule has 2 N–H and O–H groups in total. The molecule has 1 saturated carbocycles. The quantitative estimate of drug-likeness (QED) is 0.391. The van der Waals surface area contributed by atoms with Crippen LogP contribution in [0, 0.1) is 6.92 Å². The van der Waals surface area contributed by atoms with Crippen molar-refractivity contribution in [2.45, 2.75) is 70.1 Å². The molecular weight excluding hydrogens is 484 g/mol. The first-order valence-corrected chi connectivity index (χ1v) is 12.7. The summed E-state index contributed by atoms with van der Waals surface area (Å²) in [6.45, 7) is 2.52. The van der Waals surface area contributed by atoms with Crippen LogP contribution in [0.1, 0.15) is 61.6 Å². The lowest BCUT2D eigenvalue weighted by atomic mass is 9.88. The van der Waals surface area contributed by atoms with E-state index in [1.54, 1.807) is 18.2 Å². The molecule has 1 aliphatic carbocycles. The number of benzene rings is 2. The molecule has 1 saturated heterocycles. The molecule has 0 atom stereocenters. The molecule has 0 radical (unpaired) electrons. The standard InChI is InChI=1S/C28H35F2NO6/c1-17-23(34-2)13-18(14-24(17)35-3)25-19(16-37-21-6-4-5-7-21)12-20(15-22(25)26(29)30)31-28(27(32)33)8-10-36-11-9-28/h12-15,21,26,31H,4-11,16H2,1-3H3,(H,32,33). The van der Waals surface area contributed by atoms with Crippen molar-refractivity contribution in [3.05, 3.63) is 41.0 Å². The lowest BCUT2D eigenvalue weighted by molar-refractivity contribution is -0.145. The van der Waals surface area contributed by atoms with Crippen molar-refractivity contribution in [1.82, 2.24) is 0 Å². The average molecular weight is 520 g/mol. The fraction of sp³-hybridized carbons (Fsp3) is 0.536. The number of carboxylic acids is 1. The fourth-order valence-corrected chi connectivity index (χ4v) is 5.32. The van der Waals surface area contributed by atoms with Crippen LogP contribution in [0.25, 0.3) is 11.1 Å². The monoisotopic (exact) mass is 519 g/mol. The highest BCUT2D eigenvalue weighted by Gasteiger charge is 2.40. The largest absolute Gasteiger partial charge is 0.496 e. The Balaban J connectivity index is 1.84. The number of halogens is 2. The molecule has 2 aromatic rings. The van der Waals surface area contributed by atoms with Crippen LogP contribution >= 0.6 is 0 Å². The first-order chi connectivity index (χ1) is 17.8. The molecule has 0 amide bonds. The van der Waals surface area contributed by atoms with Crippen molar-refractivity contribution < 1.29 is 37.6 Å². The second kappa shape index (κ2) is 11.6. The molecule has 4 rings (SSSR count). The Labute approximate surface area is 216 Å². The van der Waals surface area contributed by atoms with E-state index in [-0.39, 0.29) is 44.3 Å². The summed E-state index contributed by atoms with van der Waals surface area (Å²) in [4.78, 5) is 12.2. The van der Waals surface area contributed by atoms with E-state index in [0.29, 0.717) is 33.9 Å². The van der Waals surface area contributed by atoms with E-state index in [1.165, 1.54) is 20.3 Å². The Hall–Kier alpha value is -2.91. The summed E-state index contributed by atoms with van der Waals surface area (Å²) in [5.74, 6) is 0.00756. The molecule has 7 nitrogen and oxygen atoms in total. The van der Waals surface area contributed by atoms with Crippen LogP contribution in [0.15, 0.2) is 24.3 Å². The number of carbonyl (C=O) groups is 1. The zero-order valence-corrected chi connectivity index (χ0v) is 21.6. The molecule has 37 heavy (non-hydrogen) atoms. The van der Waals surface area contributed by atoms with E-state index in [4.69, 9.17) is 18.9 Å². The van der Waals surface area contributed by atoms with Crippen LogP contribution in [0.3, 0.4) is 0 Å². The van der Waals surface area contributed by atoms with Crippen molar-refractivity contribution >= 4 is 11.7 Å². The summed E-state index contributed by atoms with van der Waals surface area (Å²) in [6.07, 6.45) is 1.75. The van der Waals surface area contributed by atoms with Gasteiger partial charge in [-0.2, -0.15) is 0 Å². The summed E-state index contributed by atoms with van der Waals surface area (Å²) in [5, 5.41) is 13.1. The zero-order valence-electron chi connectivity index (χ0n) is 21.6. The second-order valence-corrected chi connectivity index (χ2v) is 9.75. The van der Waals surface area contributed by atoms with Gasteiger partial charge in [0, 0.05) is 42.9 Å². The number of hydrogen-bond acceptors (Lipinski definition) is 6. The summed E-state index contributed by atoms with van der Waals surface area (Å²) < 4.78 is 51.8. The summed E-state index contributed by atoms with van der Waals surface area (Å²) in [6, 6.07) is 6.53. The first-order valence-electron chi connectivity index (χ1n) is 12.7. The summed E-state index contributed by atoms with van der Waals surface area (Å²) in [5.41, 5.74) is 0.982. The molecular formula is C28H35F2NO6. The van der Waals surface area contributed by atoms with Gasteiger partial charge in [-0.15, -0.1) is 0 Å². The molecule has 9 heteroatoms. The highest BCUT2D eigenvalue weighted by molar-refractivity contribution is 5.84. The average Bonchev–Trinajstić information content (AvgIpc) is 3.41. The molecule has 2 aliphatic rings. The molecule has 0 unspecified atom stereocenters. The maximum Gasteiger partial charge on any atom is 0.329 e. The van der Waals surface area contributed by atoms with Gasteiger partial charge >= 0.3 is 5.97 Å². The van der Waals surface area contributed by atoms with Crippen LogP contribution in [0.4, 0.5) is 14.5 Å². The number of hydrogen-bond donors (Lipinski definition) is 2. The molecule has 2 aromatic carbocycles. The van der Waals surface area contributed by atoms with E-state index >= 15 is 0 Å². The molecule has 0 spiro atoms. The minimum absolute atomic E-state index is 0.0717. The number of methoxy groups -OCH3 is 2. The topological polar surface area (TPSA) is 86.3 Å². The normalized spacial score (nSPS) is 17.7. The van der Waals surface area contributed by atoms with Crippen LogP contribution < -0.4 is 14.8 Å². The van der Waals surface area contributed by atoms with Gasteiger partial charge in [-0.05, 0) is 60.7 Å². The van der Waals surface area contributed by atoms with Crippen molar-refractivity contribution in [3.8, 4) is 22.6 Å². The first kappa shape index (κ1) is 27.1. The van der Waals surface area contributed by atoms with Gasteiger partial charge in [0.1, 0.15) is 17.0 Å². The van der Waals surface area contributed by atoms with E-state index in [1.807, 2.05) is 6.92 Å². The van der Waals surface area contributed by atoms with Gasteiger partial charge in [0.15, 0.2) is 0 Å². The maximum absolute atomic E-state index is 14.6. The highest BCUT2D eigenvalue weighted by atomic mass is 19.3. The van der Waals surface area contributed by atoms with Crippen molar-refractivity contribution in [3.63, 3.8) is 0 Å². The number of rotatable bonds is 10. The van der Waals surface area contributed by atoms with Crippen LogP contribution in [0.2, 0.25) is 0 Å². The van der Waals surface area contributed by atoms with Gasteiger partial charge in [0.25, 0.3) is 6.43 Å². The molecule has 202 valence electrons. The lowest BCUT2D eigenvalue weighted by Gasteiger charge is -2.35. The smallest absolute Gasteiger partial charge is 0.329 e. The minimum Gasteiger partial charge on any atom is -0.496 e. The summed E-state index contributed by atoms with van der Waals surface area (Å²) >= 11 is 0. The molecule has 1 heterocycles. The van der Waals surface area contributed by atoms with Gasteiger partial charge in [-0.25, -0.2) is 13.6 Å². The lowest BCUT2D eigenvalue weighted by Crippen LogP contribution is -2.50.